The summed E-state index contributed by atoms with van der Waals surface area (Å²) in [5, 5.41) is 10.9. The molecule has 0 aliphatic carbocycles. The fraction of sp³-hybridized carbons (Fsp3) is 0.700. The zero-order valence-corrected chi connectivity index (χ0v) is 10.8. The summed E-state index contributed by atoms with van der Waals surface area (Å²) in [5.74, 6) is 0.566. The van der Waals surface area contributed by atoms with Crippen molar-refractivity contribution < 1.29 is 4.79 Å². The van der Waals surface area contributed by atoms with Crippen molar-refractivity contribution in [1.29, 1.82) is 0 Å². The molecule has 88 valence electrons. The summed E-state index contributed by atoms with van der Waals surface area (Å²) in [5.41, 5.74) is 0.575. The zero-order chi connectivity index (χ0) is 11.5. The second-order valence-corrected chi connectivity index (χ2v) is 4.94. The fourth-order valence-corrected chi connectivity index (χ4v) is 2.63. The molecule has 1 aromatic rings. The first-order chi connectivity index (χ1) is 7.68. The van der Waals surface area contributed by atoms with E-state index in [0.29, 0.717) is 22.6 Å². The molecule has 0 aromatic carbocycles. The standard InChI is InChI=1S/C10H15BrN4O/c1-15-9(10(11)13-14-15)8(16)5-7-3-2-4-12-6-7/h7,12H,2-6H2,1H3. The van der Waals surface area contributed by atoms with Gasteiger partial charge in [-0.1, -0.05) is 5.21 Å². The number of nitrogens with zero attached hydrogens (tertiary/aromatic N) is 3. The van der Waals surface area contributed by atoms with Gasteiger partial charge in [0.15, 0.2) is 10.4 Å². The number of rotatable bonds is 3. The third kappa shape index (κ3) is 2.49. The molecule has 1 aliphatic rings. The van der Waals surface area contributed by atoms with E-state index in [2.05, 4.69) is 31.6 Å². The molecule has 1 aromatic heterocycles. The summed E-state index contributed by atoms with van der Waals surface area (Å²) < 4.78 is 2.08. The smallest absolute Gasteiger partial charge is 0.184 e. The van der Waals surface area contributed by atoms with Crippen molar-refractivity contribution in [2.24, 2.45) is 13.0 Å². The first-order valence-corrected chi connectivity index (χ1v) is 6.27. The molecule has 1 atom stereocenters. The van der Waals surface area contributed by atoms with E-state index in [9.17, 15) is 4.79 Å². The van der Waals surface area contributed by atoms with Crippen LogP contribution in [-0.4, -0.2) is 33.9 Å². The maximum absolute atomic E-state index is 12.1. The summed E-state index contributed by atoms with van der Waals surface area (Å²) in [6.07, 6.45) is 2.86. The summed E-state index contributed by atoms with van der Waals surface area (Å²) in [7, 11) is 1.74. The van der Waals surface area contributed by atoms with Gasteiger partial charge in [0.1, 0.15) is 5.69 Å². The van der Waals surface area contributed by atoms with E-state index in [0.717, 1.165) is 25.9 Å². The highest BCUT2D eigenvalue weighted by Crippen LogP contribution is 2.20. The fourth-order valence-electron chi connectivity index (χ4n) is 2.08. The highest BCUT2D eigenvalue weighted by atomic mass is 79.9. The van der Waals surface area contributed by atoms with Crippen LogP contribution in [0.15, 0.2) is 4.60 Å². The number of ketones is 1. The Labute approximate surface area is 103 Å². The largest absolute Gasteiger partial charge is 0.316 e. The van der Waals surface area contributed by atoms with E-state index in [4.69, 9.17) is 0 Å². The number of carbonyl (C=O) groups is 1. The number of Topliss-reactive ketones (excluding diaryl/α,β-unsaturated/α-hetero) is 1. The van der Waals surface area contributed by atoms with Gasteiger partial charge in [-0.05, 0) is 47.8 Å². The van der Waals surface area contributed by atoms with Crippen LogP contribution >= 0.6 is 15.9 Å². The number of aromatic nitrogens is 3. The Kier molecular flexibility index (Phi) is 3.70. The maximum atomic E-state index is 12.1. The Bertz CT molecular complexity index is 365. The predicted molar refractivity (Wildman–Crippen MR) is 63.2 cm³/mol. The molecule has 0 saturated carbocycles. The Hall–Kier alpha value is -0.750. The lowest BCUT2D eigenvalue weighted by Gasteiger charge is -2.21. The van der Waals surface area contributed by atoms with Gasteiger partial charge in [-0.2, -0.15) is 0 Å². The molecule has 1 N–H and O–H groups in total. The zero-order valence-electron chi connectivity index (χ0n) is 9.24. The lowest BCUT2D eigenvalue weighted by Crippen LogP contribution is -2.31. The molecule has 1 saturated heterocycles. The van der Waals surface area contributed by atoms with E-state index in [1.165, 1.54) is 4.68 Å². The molecule has 0 spiro atoms. The lowest BCUT2D eigenvalue weighted by molar-refractivity contribution is 0.0943. The highest BCUT2D eigenvalue weighted by molar-refractivity contribution is 9.10. The van der Waals surface area contributed by atoms with Crippen LogP contribution in [0.5, 0.6) is 0 Å². The van der Waals surface area contributed by atoms with Gasteiger partial charge in [0.2, 0.25) is 0 Å². The maximum Gasteiger partial charge on any atom is 0.184 e. The van der Waals surface area contributed by atoms with Gasteiger partial charge < -0.3 is 5.32 Å². The number of hydrogen-bond acceptors (Lipinski definition) is 4. The van der Waals surface area contributed by atoms with Crippen molar-refractivity contribution >= 4 is 21.7 Å². The minimum absolute atomic E-state index is 0.119. The molecule has 1 fully saturated rings. The van der Waals surface area contributed by atoms with Crippen LogP contribution in [0.2, 0.25) is 0 Å². The second kappa shape index (κ2) is 5.05. The molecule has 1 unspecified atom stereocenters. The van der Waals surface area contributed by atoms with Crippen LogP contribution in [0.25, 0.3) is 0 Å². The molecule has 2 rings (SSSR count). The van der Waals surface area contributed by atoms with Crippen molar-refractivity contribution in [3.63, 3.8) is 0 Å². The van der Waals surface area contributed by atoms with Crippen LogP contribution < -0.4 is 5.32 Å². The first-order valence-electron chi connectivity index (χ1n) is 5.47. The SMILES string of the molecule is Cn1nnc(Br)c1C(=O)CC1CCCNC1. The summed E-state index contributed by atoms with van der Waals surface area (Å²) in [6.45, 7) is 2.01. The number of piperidine rings is 1. The minimum atomic E-state index is 0.119. The van der Waals surface area contributed by atoms with Gasteiger partial charge >= 0.3 is 0 Å². The van der Waals surface area contributed by atoms with E-state index < -0.39 is 0 Å². The molecule has 6 heteroatoms. The number of nitrogens with one attached hydrogen (secondary N) is 1. The molecule has 16 heavy (non-hydrogen) atoms. The minimum Gasteiger partial charge on any atom is -0.316 e. The second-order valence-electron chi connectivity index (χ2n) is 4.19. The van der Waals surface area contributed by atoms with Gasteiger partial charge in [-0.25, -0.2) is 4.68 Å². The van der Waals surface area contributed by atoms with Gasteiger partial charge in [0, 0.05) is 13.5 Å². The van der Waals surface area contributed by atoms with Crippen molar-refractivity contribution in [2.75, 3.05) is 13.1 Å². The number of hydrogen-bond donors (Lipinski definition) is 1. The van der Waals surface area contributed by atoms with Crippen LogP contribution in [0.3, 0.4) is 0 Å². The van der Waals surface area contributed by atoms with Crippen molar-refractivity contribution in [3.8, 4) is 0 Å². The van der Waals surface area contributed by atoms with E-state index in [1.807, 2.05) is 0 Å². The molecule has 0 amide bonds. The summed E-state index contributed by atoms with van der Waals surface area (Å²) in [4.78, 5) is 12.1. The van der Waals surface area contributed by atoms with Crippen molar-refractivity contribution in [3.05, 3.63) is 10.3 Å². The lowest BCUT2D eigenvalue weighted by atomic mass is 9.93. The number of aryl methyl sites for hydroxylation is 1. The van der Waals surface area contributed by atoms with Gasteiger partial charge in [0.05, 0.1) is 0 Å². The van der Waals surface area contributed by atoms with Crippen LogP contribution in [0, 0.1) is 5.92 Å². The van der Waals surface area contributed by atoms with Crippen LogP contribution in [0.1, 0.15) is 29.8 Å². The van der Waals surface area contributed by atoms with E-state index in [-0.39, 0.29) is 5.78 Å². The molecule has 0 radical (unpaired) electrons. The normalized spacial score (nSPS) is 21.0. The Morgan fingerprint density at radius 3 is 3.06 bits per heavy atom. The van der Waals surface area contributed by atoms with E-state index in [1.54, 1.807) is 7.05 Å². The summed E-state index contributed by atoms with van der Waals surface area (Å²) >= 11 is 3.25. The van der Waals surface area contributed by atoms with Crippen LogP contribution in [0.4, 0.5) is 0 Å². The number of halogens is 1. The highest BCUT2D eigenvalue weighted by Gasteiger charge is 2.22. The molecule has 5 nitrogen and oxygen atoms in total. The molecule has 1 aliphatic heterocycles. The molecular weight excluding hydrogens is 272 g/mol. The topological polar surface area (TPSA) is 59.8 Å². The Morgan fingerprint density at radius 1 is 1.69 bits per heavy atom. The van der Waals surface area contributed by atoms with E-state index >= 15 is 0 Å². The molecular formula is C10H15BrN4O. The van der Waals surface area contributed by atoms with Crippen molar-refractivity contribution in [1.82, 2.24) is 20.3 Å². The third-order valence-corrected chi connectivity index (χ3v) is 3.46. The van der Waals surface area contributed by atoms with Gasteiger partial charge in [0.25, 0.3) is 0 Å². The molecule has 2 heterocycles. The Balaban J connectivity index is 2.02. The average molecular weight is 287 g/mol. The van der Waals surface area contributed by atoms with Crippen LogP contribution in [-0.2, 0) is 7.05 Å². The van der Waals surface area contributed by atoms with Crippen molar-refractivity contribution in [2.45, 2.75) is 19.3 Å². The Morgan fingerprint density at radius 2 is 2.50 bits per heavy atom. The quantitative estimate of drug-likeness (QED) is 0.847. The monoisotopic (exact) mass is 286 g/mol. The van der Waals surface area contributed by atoms with Gasteiger partial charge in [-0.3, -0.25) is 4.79 Å². The molecule has 0 bridgehead atoms. The first kappa shape index (κ1) is 11.7. The average Bonchev–Trinajstić information content (AvgIpc) is 2.60. The third-order valence-electron chi connectivity index (χ3n) is 2.92. The predicted octanol–water partition coefficient (Wildman–Crippen LogP) is 1.15. The summed E-state index contributed by atoms with van der Waals surface area (Å²) in [6, 6.07) is 0. The number of carbonyl (C=O) groups excluding carboxylic acids is 1. The van der Waals surface area contributed by atoms with Gasteiger partial charge in [-0.15, -0.1) is 5.10 Å².